The highest BCUT2D eigenvalue weighted by Gasteiger charge is 2.15. The minimum Gasteiger partial charge on any atom is -0.309 e. The van der Waals surface area contributed by atoms with E-state index in [1.165, 1.54) is 6.07 Å². The van der Waals surface area contributed by atoms with Crippen molar-refractivity contribution in [3.8, 4) is 0 Å². The lowest BCUT2D eigenvalue weighted by Crippen LogP contribution is -2.23. The fourth-order valence-corrected chi connectivity index (χ4v) is 2.80. The maximum absolute atomic E-state index is 13.8. The lowest BCUT2D eigenvalue weighted by molar-refractivity contribution is 0.518. The average Bonchev–Trinajstić information content (AvgIpc) is 2.92. The van der Waals surface area contributed by atoms with Crippen molar-refractivity contribution in [2.45, 2.75) is 25.8 Å². The van der Waals surface area contributed by atoms with Crippen molar-refractivity contribution >= 4 is 22.9 Å². The molecule has 1 aromatic heterocycles. The Kier molecular flexibility index (Phi) is 5.31. The summed E-state index contributed by atoms with van der Waals surface area (Å²) in [5.41, 5.74) is 2.43. The molecule has 1 N–H and O–H groups in total. The van der Waals surface area contributed by atoms with Crippen LogP contribution >= 0.6 is 22.9 Å². The lowest BCUT2D eigenvalue weighted by Gasteiger charge is -2.17. The summed E-state index contributed by atoms with van der Waals surface area (Å²) in [5.74, 6) is -0.211. The molecule has 1 atom stereocenters. The summed E-state index contributed by atoms with van der Waals surface area (Å²) in [4.78, 5) is 5.21. The molecule has 2 rings (SSSR count). The minimum absolute atomic E-state index is 0.0837. The third-order valence-corrected chi connectivity index (χ3v) is 3.99. The van der Waals surface area contributed by atoms with Gasteiger partial charge in [-0.15, -0.1) is 11.3 Å². The molecule has 0 bridgehead atoms. The summed E-state index contributed by atoms with van der Waals surface area (Å²) in [6.45, 7) is 3.00. The molecule has 1 heterocycles. The first-order valence-electron chi connectivity index (χ1n) is 6.26. The summed E-state index contributed by atoms with van der Waals surface area (Å²) in [6.07, 6.45) is 3.45. The fraction of sp³-hybridized carbons (Fsp3) is 0.357. The molecule has 0 radical (unpaired) electrons. The Morgan fingerprint density at radius 3 is 3.00 bits per heavy atom. The van der Waals surface area contributed by atoms with Crippen LogP contribution in [-0.4, -0.2) is 11.5 Å². The number of benzene rings is 1. The smallest absolute Gasteiger partial charge is 0.126 e. The van der Waals surface area contributed by atoms with Crippen molar-refractivity contribution in [1.82, 2.24) is 10.3 Å². The normalized spacial score (nSPS) is 12.6. The van der Waals surface area contributed by atoms with Crippen LogP contribution in [0, 0.1) is 5.82 Å². The van der Waals surface area contributed by atoms with Crippen LogP contribution in [0.3, 0.4) is 0 Å². The standard InChI is InChI=1S/C14H16ClFN2S/c1-2-5-18-13(14-8-17-9-19-14)7-10-6-11(15)3-4-12(10)16/h3-4,6,8-9,13,18H,2,5,7H2,1H3. The van der Waals surface area contributed by atoms with Gasteiger partial charge in [0.15, 0.2) is 0 Å². The summed E-state index contributed by atoms with van der Waals surface area (Å²) < 4.78 is 13.8. The summed E-state index contributed by atoms with van der Waals surface area (Å²) in [5, 5.41) is 3.99. The van der Waals surface area contributed by atoms with E-state index in [-0.39, 0.29) is 11.9 Å². The van der Waals surface area contributed by atoms with Gasteiger partial charge in [0, 0.05) is 22.1 Å². The highest BCUT2D eigenvalue weighted by molar-refractivity contribution is 7.09. The van der Waals surface area contributed by atoms with Gasteiger partial charge in [-0.1, -0.05) is 18.5 Å². The zero-order valence-corrected chi connectivity index (χ0v) is 12.3. The molecule has 5 heteroatoms. The van der Waals surface area contributed by atoms with Gasteiger partial charge in [0.1, 0.15) is 5.82 Å². The predicted molar refractivity (Wildman–Crippen MR) is 78.3 cm³/mol. The Balaban J connectivity index is 2.17. The van der Waals surface area contributed by atoms with Gasteiger partial charge in [0.25, 0.3) is 0 Å². The fourth-order valence-electron chi connectivity index (χ4n) is 1.91. The van der Waals surface area contributed by atoms with E-state index < -0.39 is 0 Å². The quantitative estimate of drug-likeness (QED) is 0.864. The van der Waals surface area contributed by atoms with E-state index in [4.69, 9.17) is 11.6 Å². The molecule has 0 aliphatic carbocycles. The molecule has 102 valence electrons. The first-order valence-corrected chi connectivity index (χ1v) is 7.52. The van der Waals surface area contributed by atoms with Gasteiger partial charge in [-0.3, -0.25) is 4.98 Å². The molecule has 1 unspecified atom stereocenters. The van der Waals surface area contributed by atoms with Crippen molar-refractivity contribution in [3.63, 3.8) is 0 Å². The highest BCUT2D eigenvalue weighted by Crippen LogP contribution is 2.24. The van der Waals surface area contributed by atoms with Crippen molar-refractivity contribution in [2.24, 2.45) is 0 Å². The van der Waals surface area contributed by atoms with Crippen LogP contribution in [-0.2, 0) is 6.42 Å². The molecular weight excluding hydrogens is 283 g/mol. The molecule has 0 saturated carbocycles. The number of hydrogen-bond donors (Lipinski definition) is 1. The van der Waals surface area contributed by atoms with E-state index in [0.29, 0.717) is 17.0 Å². The van der Waals surface area contributed by atoms with Crippen LogP contribution in [0.15, 0.2) is 29.9 Å². The first-order chi connectivity index (χ1) is 9.20. The van der Waals surface area contributed by atoms with Crippen LogP contribution in [0.25, 0.3) is 0 Å². The van der Waals surface area contributed by atoms with E-state index >= 15 is 0 Å². The molecule has 0 saturated heterocycles. The predicted octanol–water partition coefficient (Wildman–Crippen LogP) is 4.22. The van der Waals surface area contributed by atoms with Crippen LogP contribution in [0.1, 0.15) is 29.8 Å². The lowest BCUT2D eigenvalue weighted by atomic mass is 10.0. The monoisotopic (exact) mass is 298 g/mol. The Morgan fingerprint density at radius 1 is 1.47 bits per heavy atom. The van der Waals surface area contributed by atoms with Gasteiger partial charge in [0.2, 0.25) is 0 Å². The Morgan fingerprint density at radius 2 is 2.32 bits per heavy atom. The first kappa shape index (κ1) is 14.4. The molecule has 1 aromatic carbocycles. The van der Waals surface area contributed by atoms with Crippen LogP contribution in [0.4, 0.5) is 4.39 Å². The molecule has 2 nitrogen and oxygen atoms in total. The number of nitrogens with zero attached hydrogens (tertiary/aromatic N) is 1. The summed E-state index contributed by atoms with van der Waals surface area (Å²) in [7, 11) is 0. The Hall–Kier alpha value is -0.970. The third kappa shape index (κ3) is 4.00. The number of halogens is 2. The zero-order valence-electron chi connectivity index (χ0n) is 10.7. The zero-order chi connectivity index (χ0) is 13.7. The second-order valence-corrected chi connectivity index (χ2v) is 5.70. The Bertz CT molecular complexity index is 516. The van der Waals surface area contributed by atoms with Crippen LogP contribution in [0.5, 0.6) is 0 Å². The Labute approximate surface area is 121 Å². The minimum atomic E-state index is -0.211. The number of rotatable bonds is 6. The van der Waals surface area contributed by atoms with Gasteiger partial charge in [-0.25, -0.2) is 4.39 Å². The topological polar surface area (TPSA) is 24.9 Å². The van der Waals surface area contributed by atoms with Gasteiger partial charge in [0.05, 0.1) is 5.51 Å². The average molecular weight is 299 g/mol. The van der Waals surface area contributed by atoms with Crippen molar-refractivity contribution in [1.29, 1.82) is 0 Å². The van der Waals surface area contributed by atoms with Crippen molar-refractivity contribution in [2.75, 3.05) is 6.54 Å². The van der Waals surface area contributed by atoms with E-state index in [2.05, 4.69) is 17.2 Å². The third-order valence-electron chi connectivity index (χ3n) is 2.87. The van der Waals surface area contributed by atoms with E-state index in [0.717, 1.165) is 17.8 Å². The molecule has 0 fully saturated rings. The number of aromatic nitrogens is 1. The molecule has 0 amide bonds. The van der Waals surface area contributed by atoms with Crippen molar-refractivity contribution < 1.29 is 4.39 Å². The van der Waals surface area contributed by atoms with Crippen LogP contribution < -0.4 is 5.32 Å². The SMILES string of the molecule is CCCNC(Cc1cc(Cl)ccc1F)c1cncs1. The molecule has 19 heavy (non-hydrogen) atoms. The van der Waals surface area contributed by atoms with Crippen LogP contribution in [0.2, 0.25) is 5.02 Å². The van der Waals surface area contributed by atoms with E-state index in [1.54, 1.807) is 29.0 Å². The number of thiazole rings is 1. The largest absolute Gasteiger partial charge is 0.309 e. The second kappa shape index (κ2) is 6.98. The summed E-state index contributed by atoms with van der Waals surface area (Å²) in [6, 6.07) is 4.77. The highest BCUT2D eigenvalue weighted by atomic mass is 35.5. The van der Waals surface area contributed by atoms with E-state index in [9.17, 15) is 4.39 Å². The number of hydrogen-bond acceptors (Lipinski definition) is 3. The molecule has 2 aromatic rings. The molecular formula is C14H16ClFN2S. The molecule has 0 aliphatic rings. The maximum Gasteiger partial charge on any atom is 0.126 e. The summed E-state index contributed by atoms with van der Waals surface area (Å²) >= 11 is 7.51. The van der Waals surface area contributed by atoms with Gasteiger partial charge in [-0.05, 0) is 43.1 Å². The second-order valence-electron chi connectivity index (χ2n) is 4.35. The molecule has 0 spiro atoms. The van der Waals surface area contributed by atoms with Gasteiger partial charge in [-0.2, -0.15) is 0 Å². The maximum atomic E-state index is 13.8. The van der Waals surface area contributed by atoms with Gasteiger partial charge < -0.3 is 5.32 Å². The van der Waals surface area contributed by atoms with Gasteiger partial charge >= 0.3 is 0 Å². The number of nitrogens with one attached hydrogen (secondary N) is 1. The van der Waals surface area contributed by atoms with E-state index in [1.807, 2.05) is 6.20 Å². The van der Waals surface area contributed by atoms with Crippen molar-refractivity contribution in [3.05, 3.63) is 51.2 Å². The molecule has 0 aliphatic heterocycles.